The van der Waals surface area contributed by atoms with E-state index in [-0.39, 0.29) is 11.8 Å². The Hall–Kier alpha value is -0.100. The Morgan fingerprint density at radius 3 is 2.31 bits per heavy atom. The van der Waals surface area contributed by atoms with Gasteiger partial charge in [0, 0.05) is 18.1 Å². The molecule has 16 heavy (non-hydrogen) atoms. The molecule has 6 heteroatoms. The summed E-state index contributed by atoms with van der Waals surface area (Å²) in [5.41, 5.74) is 0. The Morgan fingerprint density at radius 2 is 1.81 bits per heavy atom. The molecule has 1 saturated carbocycles. The number of thiol groups is 1. The van der Waals surface area contributed by atoms with Crippen molar-refractivity contribution in [3.8, 4) is 0 Å². The minimum Gasteiger partial charge on any atom is -0.271 e. The zero-order valence-electron chi connectivity index (χ0n) is 9.52. The van der Waals surface area contributed by atoms with Gasteiger partial charge in [-0.25, -0.2) is 0 Å². The molecule has 0 heterocycles. The zero-order valence-corrected chi connectivity index (χ0v) is 10.4. The maximum atomic E-state index is 12.0. The van der Waals surface area contributed by atoms with Gasteiger partial charge < -0.3 is 0 Å². The summed E-state index contributed by atoms with van der Waals surface area (Å²) in [6.07, 6.45) is 1.46. The molecule has 1 N–H and O–H groups in total. The van der Waals surface area contributed by atoms with E-state index >= 15 is 0 Å². The summed E-state index contributed by atoms with van der Waals surface area (Å²) in [6, 6.07) is 0.151. The molecule has 98 valence electrons. The molecule has 0 aromatic heterocycles. The molecule has 0 spiro atoms. The Balaban J connectivity index is 2.35. The van der Waals surface area contributed by atoms with Crippen LogP contribution in [0.2, 0.25) is 0 Å². The molecule has 0 radical (unpaired) electrons. The summed E-state index contributed by atoms with van der Waals surface area (Å²) in [6.45, 7) is 0. The molecule has 0 amide bonds. The highest BCUT2D eigenvalue weighted by molar-refractivity contribution is 8.00. The number of alkyl halides is 3. The van der Waals surface area contributed by atoms with E-state index in [4.69, 9.17) is 0 Å². The lowest BCUT2D eigenvalue weighted by Crippen LogP contribution is -2.42. The van der Waals surface area contributed by atoms with Crippen molar-refractivity contribution in [1.29, 1.82) is 0 Å². The van der Waals surface area contributed by atoms with Gasteiger partial charge in [-0.15, -0.1) is 0 Å². The van der Waals surface area contributed by atoms with E-state index in [2.05, 4.69) is 4.72 Å². The molecule has 1 aliphatic rings. The van der Waals surface area contributed by atoms with Gasteiger partial charge in [-0.2, -0.15) is 13.2 Å². The normalized spacial score (nSPS) is 21.0. The highest BCUT2D eigenvalue weighted by Gasteiger charge is 2.29. The van der Waals surface area contributed by atoms with Gasteiger partial charge in [-0.3, -0.25) is 8.93 Å². The summed E-state index contributed by atoms with van der Waals surface area (Å²) in [5.74, 6) is -0.285. The fourth-order valence-electron chi connectivity index (χ4n) is 2.02. The average molecular weight is 259 g/mol. The smallest absolute Gasteiger partial charge is 0.271 e. The van der Waals surface area contributed by atoms with Crippen LogP contribution in [0.3, 0.4) is 0 Å². The van der Waals surface area contributed by atoms with Crippen LogP contribution >= 0.6 is 0 Å². The lowest BCUT2D eigenvalue weighted by molar-refractivity contribution is -0.129. The minimum absolute atomic E-state index is 0.151. The molecule has 1 aliphatic carbocycles. The summed E-state index contributed by atoms with van der Waals surface area (Å²) < 4.78 is 50.9. The first-order valence-electron chi connectivity index (χ1n) is 5.70. The van der Waals surface area contributed by atoms with E-state index in [0.717, 1.165) is 25.7 Å². The topological polar surface area (TPSA) is 29.1 Å². The van der Waals surface area contributed by atoms with Crippen LogP contribution in [-0.2, 0) is 10.1 Å². The summed E-state index contributed by atoms with van der Waals surface area (Å²) >= 11 is 0. The van der Waals surface area contributed by atoms with Crippen LogP contribution < -0.4 is 4.72 Å². The number of hydrogen-bond acceptors (Lipinski definition) is 1. The molecular weight excluding hydrogens is 239 g/mol. The van der Waals surface area contributed by atoms with Gasteiger partial charge in [0.15, 0.2) is 0 Å². The minimum atomic E-state index is -4.21. The Kier molecular flexibility index (Phi) is 4.79. The molecule has 0 saturated heterocycles. The van der Waals surface area contributed by atoms with Crippen molar-refractivity contribution in [2.75, 3.05) is 12.0 Å². The molecule has 0 aromatic carbocycles. The molecular formula is C10H20F3NOS. The second kappa shape index (κ2) is 5.49. The zero-order chi connectivity index (χ0) is 12.2. The Bertz CT molecular complexity index is 261. The first kappa shape index (κ1) is 14.0. The Morgan fingerprint density at radius 1 is 1.25 bits per heavy atom. The molecule has 0 bridgehead atoms. The molecule has 0 unspecified atom stereocenters. The van der Waals surface area contributed by atoms with Crippen LogP contribution in [0.1, 0.15) is 38.5 Å². The van der Waals surface area contributed by atoms with Crippen LogP contribution in [-0.4, -0.2) is 28.4 Å². The predicted molar refractivity (Wildman–Crippen MR) is 61.0 cm³/mol. The highest BCUT2D eigenvalue weighted by atomic mass is 32.3. The van der Waals surface area contributed by atoms with Gasteiger partial charge in [0.25, 0.3) is 0 Å². The molecule has 2 nitrogen and oxygen atoms in total. The molecule has 0 aromatic rings. The molecule has 1 rings (SSSR count). The maximum absolute atomic E-state index is 12.0. The van der Waals surface area contributed by atoms with Crippen LogP contribution in [0, 0.1) is 0 Å². The second-order valence-corrected chi connectivity index (χ2v) is 7.56. The third kappa shape index (κ3) is 5.84. The van der Waals surface area contributed by atoms with Crippen molar-refractivity contribution in [2.45, 2.75) is 50.7 Å². The van der Waals surface area contributed by atoms with E-state index in [9.17, 15) is 17.4 Å². The van der Waals surface area contributed by atoms with Crippen LogP contribution in [0.5, 0.6) is 0 Å². The van der Waals surface area contributed by atoms with Crippen molar-refractivity contribution in [3.63, 3.8) is 0 Å². The van der Waals surface area contributed by atoms with Gasteiger partial charge >= 0.3 is 6.18 Å². The van der Waals surface area contributed by atoms with Gasteiger partial charge in [0.1, 0.15) is 0 Å². The fraction of sp³-hybridized carbons (Fsp3) is 1.00. The van der Waals surface area contributed by atoms with E-state index in [1.807, 2.05) is 0 Å². The predicted octanol–water partition coefficient (Wildman–Crippen LogP) is 2.42. The van der Waals surface area contributed by atoms with Crippen LogP contribution in [0.15, 0.2) is 0 Å². The van der Waals surface area contributed by atoms with Gasteiger partial charge in [0.05, 0.1) is 6.42 Å². The lowest BCUT2D eigenvalue weighted by Gasteiger charge is -2.30. The summed E-state index contributed by atoms with van der Waals surface area (Å²) in [4.78, 5) is 0. The van der Waals surface area contributed by atoms with Crippen molar-refractivity contribution >= 4 is 10.1 Å². The number of hydrogen-bond donors (Lipinski definition) is 2. The number of rotatable bonds is 4. The third-order valence-corrected chi connectivity index (χ3v) is 4.87. The molecule has 1 fully saturated rings. The lowest BCUT2D eigenvalue weighted by atomic mass is 9.96. The highest BCUT2D eigenvalue weighted by Crippen LogP contribution is 2.23. The van der Waals surface area contributed by atoms with Crippen LogP contribution in [0.25, 0.3) is 0 Å². The van der Waals surface area contributed by atoms with Gasteiger partial charge in [-0.1, -0.05) is 29.4 Å². The number of nitrogens with one attached hydrogen (secondary N) is 1. The summed E-state index contributed by atoms with van der Waals surface area (Å²) in [7, 11) is -2.83. The van der Waals surface area contributed by atoms with Crippen molar-refractivity contribution in [1.82, 2.24) is 4.72 Å². The van der Waals surface area contributed by atoms with E-state index in [0.29, 0.717) is 0 Å². The molecule has 0 aliphatic heterocycles. The van der Waals surface area contributed by atoms with Crippen molar-refractivity contribution in [2.24, 2.45) is 0 Å². The Labute approximate surface area is 95.5 Å². The average Bonchev–Trinajstić information content (AvgIpc) is 2.15. The quantitative estimate of drug-likeness (QED) is 0.746. The van der Waals surface area contributed by atoms with Crippen molar-refractivity contribution in [3.05, 3.63) is 0 Å². The third-order valence-electron chi connectivity index (χ3n) is 2.88. The first-order chi connectivity index (χ1) is 7.29. The second-order valence-electron chi connectivity index (χ2n) is 4.65. The molecule has 0 atom stereocenters. The monoisotopic (exact) mass is 259 g/mol. The first-order valence-corrected chi connectivity index (χ1v) is 8.03. The van der Waals surface area contributed by atoms with E-state index in [1.165, 1.54) is 12.7 Å². The largest absolute Gasteiger partial charge is 0.389 e. The van der Waals surface area contributed by atoms with Gasteiger partial charge in [0.2, 0.25) is 0 Å². The maximum Gasteiger partial charge on any atom is 0.389 e. The summed E-state index contributed by atoms with van der Waals surface area (Å²) in [5, 5.41) is 0. The van der Waals surface area contributed by atoms with Crippen molar-refractivity contribution < 1.29 is 17.4 Å². The number of halogens is 3. The standard InChI is InChI=1S/C10H20F3NOS/c1-16(15,8-7-10(11,12)13)14-9-5-3-2-4-6-9/h9,16H,2-8H2,1H3,(H,14,15). The van der Waals surface area contributed by atoms with Gasteiger partial charge in [-0.05, 0) is 12.8 Å². The van der Waals surface area contributed by atoms with E-state index in [1.54, 1.807) is 0 Å². The van der Waals surface area contributed by atoms with Crippen LogP contribution in [0.4, 0.5) is 13.2 Å². The van der Waals surface area contributed by atoms with E-state index < -0.39 is 22.7 Å². The SMILES string of the molecule is C[SH](=O)(CCC(F)(F)F)NC1CCCCC1. The fourth-order valence-corrected chi connectivity index (χ4v) is 3.86.